The SMILES string of the molecule is CC(NCc1ccc2c(c1)OCO2)c1cccc(Cl)c1Cl. The summed E-state index contributed by atoms with van der Waals surface area (Å²) < 4.78 is 10.7. The summed E-state index contributed by atoms with van der Waals surface area (Å²) in [6.45, 7) is 3.06. The zero-order valence-electron chi connectivity index (χ0n) is 11.5. The Morgan fingerprint density at radius 1 is 1.14 bits per heavy atom. The topological polar surface area (TPSA) is 30.5 Å². The first kappa shape index (κ1) is 14.5. The van der Waals surface area contributed by atoms with E-state index in [-0.39, 0.29) is 6.04 Å². The zero-order chi connectivity index (χ0) is 14.8. The second kappa shape index (κ2) is 6.14. The van der Waals surface area contributed by atoms with Crippen LogP contribution in [-0.4, -0.2) is 6.79 Å². The minimum atomic E-state index is 0.0987. The lowest BCUT2D eigenvalue weighted by molar-refractivity contribution is 0.174. The molecule has 3 rings (SSSR count). The predicted molar refractivity (Wildman–Crippen MR) is 84.3 cm³/mol. The van der Waals surface area contributed by atoms with Gasteiger partial charge in [0.2, 0.25) is 6.79 Å². The summed E-state index contributed by atoms with van der Waals surface area (Å²) in [6, 6.07) is 11.7. The van der Waals surface area contributed by atoms with Gasteiger partial charge in [-0.05, 0) is 36.2 Å². The quantitative estimate of drug-likeness (QED) is 0.893. The van der Waals surface area contributed by atoms with Crippen molar-refractivity contribution in [2.24, 2.45) is 0 Å². The zero-order valence-corrected chi connectivity index (χ0v) is 13.0. The van der Waals surface area contributed by atoms with Crippen LogP contribution in [0.2, 0.25) is 10.0 Å². The molecular formula is C16H15Cl2NO2. The third kappa shape index (κ3) is 3.10. The third-order valence-corrected chi connectivity index (χ3v) is 4.33. The minimum absolute atomic E-state index is 0.0987. The molecule has 2 aromatic rings. The first-order valence-corrected chi connectivity index (χ1v) is 7.46. The highest BCUT2D eigenvalue weighted by molar-refractivity contribution is 6.42. The van der Waals surface area contributed by atoms with Crippen molar-refractivity contribution >= 4 is 23.2 Å². The van der Waals surface area contributed by atoms with E-state index in [0.29, 0.717) is 23.4 Å². The van der Waals surface area contributed by atoms with Gasteiger partial charge in [0.1, 0.15) is 0 Å². The van der Waals surface area contributed by atoms with Crippen LogP contribution in [0.4, 0.5) is 0 Å². The first-order chi connectivity index (χ1) is 10.1. The first-order valence-electron chi connectivity index (χ1n) is 6.71. The molecule has 3 nitrogen and oxygen atoms in total. The molecule has 2 aromatic carbocycles. The van der Waals surface area contributed by atoms with E-state index < -0.39 is 0 Å². The van der Waals surface area contributed by atoms with Gasteiger partial charge in [0.05, 0.1) is 10.0 Å². The van der Waals surface area contributed by atoms with Gasteiger partial charge in [0.15, 0.2) is 11.5 Å². The normalized spacial score (nSPS) is 14.2. The smallest absolute Gasteiger partial charge is 0.231 e. The number of fused-ring (bicyclic) bond motifs is 1. The van der Waals surface area contributed by atoms with E-state index in [9.17, 15) is 0 Å². The van der Waals surface area contributed by atoms with Gasteiger partial charge in [-0.3, -0.25) is 0 Å². The van der Waals surface area contributed by atoms with Gasteiger partial charge in [0.25, 0.3) is 0 Å². The second-order valence-electron chi connectivity index (χ2n) is 4.93. The molecule has 0 saturated heterocycles. The summed E-state index contributed by atoms with van der Waals surface area (Å²) in [6.07, 6.45) is 0. The maximum absolute atomic E-state index is 6.24. The lowest BCUT2D eigenvalue weighted by atomic mass is 10.1. The van der Waals surface area contributed by atoms with Crippen LogP contribution in [-0.2, 0) is 6.54 Å². The van der Waals surface area contributed by atoms with E-state index in [1.807, 2.05) is 30.3 Å². The van der Waals surface area contributed by atoms with Crippen LogP contribution in [0.1, 0.15) is 24.1 Å². The van der Waals surface area contributed by atoms with Gasteiger partial charge >= 0.3 is 0 Å². The molecule has 0 saturated carbocycles. The Bertz CT molecular complexity index is 661. The third-order valence-electron chi connectivity index (χ3n) is 3.50. The molecule has 0 aromatic heterocycles. The lowest BCUT2D eigenvalue weighted by Crippen LogP contribution is -2.18. The molecule has 1 aliphatic heterocycles. The van der Waals surface area contributed by atoms with E-state index in [1.54, 1.807) is 6.07 Å². The van der Waals surface area contributed by atoms with Gasteiger partial charge in [-0.2, -0.15) is 0 Å². The van der Waals surface area contributed by atoms with Crippen LogP contribution < -0.4 is 14.8 Å². The molecule has 0 aliphatic carbocycles. The number of nitrogens with one attached hydrogen (secondary N) is 1. The fourth-order valence-corrected chi connectivity index (χ4v) is 2.76. The number of hydrogen-bond acceptors (Lipinski definition) is 3. The summed E-state index contributed by atoms with van der Waals surface area (Å²) in [5.41, 5.74) is 2.12. The van der Waals surface area contributed by atoms with E-state index >= 15 is 0 Å². The molecular weight excluding hydrogens is 309 g/mol. The summed E-state index contributed by atoms with van der Waals surface area (Å²) in [7, 11) is 0. The Labute approximate surface area is 133 Å². The largest absolute Gasteiger partial charge is 0.454 e. The molecule has 110 valence electrons. The van der Waals surface area contributed by atoms with Crippen molar-refractivity contribution in [3.63, 3.8) is 0 Å². The van der Waals surface area contributed by atoms with Crippen molar-refractivity contribution in [3.8, 4) is 11.5 Å². The molecule has 1 N–H and O–H groups in total. The van der Waals surface area contributed by atoms with E-state index in [1.165, 1.54) is 0 Å². The van der Waals surface area contributed by atoms with Crippen molar-refractivity contribution < 1.29 is 9.47 Å². The number of hydrogen-bond donors (Lipinski definition) is 1. The Kier molecular flexibility index (Phi) is 4.24. The average molecular weight is 324 g/mol. The van der Waals surface area contributed by atoms with Crippen molar-refractivity contribution in [1.29, 1.82) is 0 Å². The van der Waals surface area contributed by atoms with Crippen molar-refractivity contribution in [3.05, 3.63) is 57.6 Å². The van der Waals surface area contributed by atoms with Crippen LogP contribution in [0.15, 0.2) is 36.4 Å². The molecule has 0 amide bonds. The number of rotatable bonds is 4. The van der Waals surface area contributed by atoms with Crippen LogP contribution in [0.3, 0.4) is 0 Å². The van der Waals surface area contributed by atoms with E-state index in [4.69, 9.17) is 32.7 Å². The van der Waals surface area contributed by atoms with Gasteiger partial charge < -0.3 is 14.8 Å². The summed E-state index contributed by atoms with van der Waals surface area (Å²) in [4.78, 5) is 0. The minimum Gasteiger partial charge on any atom is -0.454 e. The maximum atomic E-state index is 6.24. The van der Waals surface area contributed by atoms with Gasteiger partial charge in [-0.1, -0.05) is 41.4 Å². The average Bonchev–Trinajstić information content (AvgIpc) is 2.95. The van der Waals surface area contributed by atoms with Crippen LogP contribution in [0.5, 0.6) is 11.5 Å². The fraction of sp³-hybridized carbons (Fsp3) is 0.250. The molecule has 1 heterocycles. The van der Waals surface area contributed by atoms with Gasteiger partial charge in [-0.15, -0.1) is 0 Å². The molecule has 1 atom stereocenters. The highest BCUT2D eigenvalue weighted by Crippen LogP contribution is 2.33. The Morgan fingerprint density at radius 3 is 2.81 bits per heavy atom. The summed E-state index contributed by atoms with van der Waals surface area (Å²) in [5.74, 6) is 1.59. The van der Waals surface area contributed by atoms with Gasteiger partial charge in [0, 0.05) is 12.6 Å². The lowest BCUT2D eigenvalue weighted by Gasteiger charge is -2.16. The Hall–Kier alpha value is -1.42. The summed E-state index contributed by atoms with van der Waals surface area (Å²) >= 11 is 12.3. The highest BCUT2D eigenvalue weighted by Gasteiger charge is 2.14. The predicted octanol–water partition coefficient (Wildman–Crippen LogP) is 4.57. The second-order valence-corrected chi connectivity index (χ2v) is 5.72. The van der Waals surface area contributed by atoms with Crippen molar-refractivity contribution in [1.82, 2.24) is 5.32 Å². The monoisotopic (exact) mass is 323 g/mol. The Balaban J connectivity index is 1.68. The highest BCUT2D eigenvalue weighted by atomic mass is 35.5. The number of halogens is 2. The van der Waals surface area contributed by atoms with Crippen molar-refractivity contribution in [2.45, 2.75) is 19.5 Å². The number of benzene rings is 2. The Morgan fingerprint density at radius 2 is 1.95 bits per heavy atom. The van der Waals surface area contributed by atoms with Crippen molar-refractivity contribution in [2.75, 3.05) is 6.79 Å². The molecule has 21 heavy (non-hydrogen) atoms. The molecule has 5 heteroatoms. The van der Waals surface area contributed by atoms with Crippen LogP contribution in [0, 0.1) is 0 Å². The molecule has 0 spiro atoms. The van der Waals surface area contributed by atoms with Crippen LogP contribution >= 0.6 is 23.2 Å². The van der Waals surface area contributed by atoms with Crippen LogP contribution in [0.25, 0.3) is 0 Å². The molecule has 1 unspecified atom stereocenters. The summed E-state index contributed by atoms with van der Waals surface area (Å²) in [5, 5.41) is 4.61. The number of ether oxygens (including phenoxy) is 2. The molecule has 1 aliphatic rings. The van der Waals surface area contributed by atoms with E-state index in [0.717, 1.165) is 22.6 Å². The maximum Gasteiger partial charge on any atom is 0.231 e. The fourth-order valence-electron chi connectivity index (χ4n) is 2.29. The molecule has 0 radical (unpaired) electrons. The van der Waals surface area contributed by atoms with Gasteiger partial charge in [-0.25, -0.2) is 0 Å². The molecule has 0 fully saturated rings. The standard InChI is InChI=1S/C16H15Cl2NO2/c1-10(12-3-2-4-13(17)16(12)18)19-8-11-5-6-14-15(7-11)21-9-20-14/h2-7,10,19H,8-9H2,1H3. The van der Waals surface area contributed by atoms with E-state index in [2.05, 4.69) is 12.2 Å². The molecule has 0 bridgehead atoms.